The Morgan fingerprint density at radius 2 is 1.93 bits per heavy atom. The smallest absolute Gasteiger partial charge is 0.253 e. The highest BCUT2D eigenvalue weighted by Crippen LogP contribution is 2.23. The molecule has 0 bridgehead atoms. The lowest BCUT2D eigenvalue weighted by Gasteiger charge is -2.32. The van der Waals surface area contributed by atoms with Gasteiger partial charge in [-0.2, -0.15) is 0 Å². The molecule has 150 valence electrons. The van der Waals surface area contributed by atoms with Gasteiger partial charge in [-0.05, 0) is 57.7 Å². The number of rotatable bonds is 5. The van der Waals surface area contributed by atoms with E-state index in [0.717, 1.165) is 81.2 Å². The average Bonchev–Trinajstić information content (AvgIpc) is 3.35. The van der Waals surface area contributed by atoms with Crippen LogP contribution in [0.15, 0.2) is 28.8 Å². The van der Waals surface area contributed by atoms with Crippen LogP contribution < -0.4 is 4.74 Å². The molecule has 6 heteroatoms. The Morgan fingerprint density at radius 1 is 1.18 bits per heavy atom. The molecular formula is C22H29N3O3. The predicted octanol–water partition coefficient (Wildman–Crippen LogP) is 3.57. The van der Waals surface area contributed by atoms with Gasteiger partial charge in [-0.1, -0.05) is 11.2 Å². The molecule has 4 rings (SSSR count). The van der Waals surface area contributed by atoms with Gasteiger partial charge >= 0.3 is 0 Å². The third-order valence-corrected chi connectivity index (χ3v) is 5.87. The number of benzene rings is 1. The summed E-state index contributed by atoms with van der Waals surface area (Å²) in [6.07, 6.45) is 4.36. The van der Waals surface area contributed by atoms with E-state index in [0.29, 0.717) is 0 Å². The highest BCUT2D eigenvalue weighted by Gasteiger charge is 2.24. The van der Waals surface area contributed by atoms with Crippen molar-refractivity contribution in [2.45, 2.75) is 52.2 Å². The van der Waals surface area contributed by atoms with Crippen LogP contribution in [0.2, 0.25) is 0 Å². The van der Waals surface area contributed by atoms with Crippen LogP contribution >= 0.6 is 0 Å². The highest BCUT2D eigenvalue weighted by atomic mass is 16.5. The van der Waals surface area contributed by atoms with Crippen LogP contribution in [-0.4, -0.2) is 53.1 Å². The first-order valence-corrected chi connectivity index (χ1v) is 10.3. The minimum Gasteiger partial charge on any atom is -0.490 e. The van der Waals surface area contributed by atoms with Crippen molar-refractivity contribution in [3.8, 4) is 5.75 Å². The Hall–Kier alpha value is -2.34. The second-order valence-electron chi connectivity index (χ2n) is 7.92. The summed E-state index contributed by atoms with van der Waals surface area (Å²) < 4.78 is 11.5. The van der Waals surface area contributed by atoms with E-state index in [1.807, 2.05) is 43.0 Å². The minimum absolute atomic E-state index is 0.122. The average molecular weight is 383 g/mol. The number of ether oxygens (including phenoxy) is 1. The first-order chi connectivity index (χ1) is 13.6. The third-order valence-electron chi connectivity index (χ3n) is 5.87. The van der Waals surface area contributed by atoms with Gasteiger partial charge in [0.1, 0.15) is 17.6 Å². The molecule has 2 aliphatic heterocycles. The summed E-state index contributed by atoms with van der Waals surface area (Å²) in [5, 5.41) is 4.05. The Balaban J connectivity index is 1.31. The molecule has 0 spiro atoms. The first kappa shape index (κ1) is 19.0. The maximum atomic E-state index is 12.6. The van der Waals surface area contributed by atoms with Gasteiger partial charge in [0, 0.05) is 43.9 Å². The van der Waals surface area contributed by atoms with E-state index in [2.05, 4.69) is 10.1 Å². The molecule has 0 aliphatic carbocycles. The monoisotopic (exact) mass is 383 g/mol. The molecule has 2 fully saturated rings. The van der Waals surface area contributed by atoms with Crippen LogP contribution in [0.1, 0.15) is 53.1 Å². The molecule has 0 N–H and O–H groups in total. The van der Waals surface area contributed by atoms with Crippen LogP contribution in [-0.2, 0) is 6.54 Å². The zero-order valence-electron chi connectivity index (χ0n) is 16.8. The van der Waals surface area contributed by atoms with Crippen LogP contribution in [0.25, 0.3) is 0 Å². The largest absolute Gasteiger partial charge is 0.490 e. The third kappa shape index (κ3) is 4.22. The molecule has 3 heterocycles. The van der Waals surface area contributed by atoms with Crippen molar-refractivity contribution in [2.75, 3.05) is 26.2 Å². The zero-order chi connectivity index (χ0) is 19.5. The number of likely N-dealkylation sites (tertiary alicyclic amines) is 2. The van der Waals surface area contributed by atoms with Gasteiger partial charge in [0.05, 0.1) is 5.69 Å². The Morgan fingerprint density at radius 3 is 2.61 bits per heavy atom. The van der Waals surface area contributed by atoms with E-state index in [-0.39, 0.29) is 12.0 Å². The second-order valence-corrected chi connectivity index (χ2v) is 7.92. The fourth-order valence-electron chi connectivity index (χ4n) is 4.13. The summed E-state index contributed by atoms with van der Waals surface area (Å²) in [7, 11) is 0. The maximum absolute atomic E-state index is 12.6. The molecular weight excluding hydrogens is 354 g/mol. The molecule has 0 radical (unpaired) electrons. The molecule has 0 atom stereocenters. The molecule has 1 amide bonds. The van der Waals surface area contributed by atoms with Gasteiger partial charge < -0.3 is 14.2 Å². The van der Waals surface area contributed by atoms with Crippen molar-refractivity contribution >= 4 is 5.91 Å². The van der Waals surface area contributed by atoms with Crippen molar-refractivity contribution in [1.29, 1.82) is 0 Å². The topological polar surface area (TPSA) is 58.8 Å². The number of amides is 1. The van der Waals surface area contributed by atoms with Crippen molar-refractivity contribution in [3.63, 3.8) is 0 Å². The predicted molar refractivity (Wildman–Crippen MR) is 106 cm³/mol. The SMILES string of the molecule is Cc1noc(C)c1CN1CCC(Oc2cccc(C(=O)N3CCCC3)c2)CC1. The lowest BCUT2D eigenvalue weighted by atomic mass is 10.1. The second kappa shape index (κ2) is 8.35. The summed E-state index contributed by atoms with van der Waals surface area (Å²) in [6, 6.07) is 7.67. The van der Waals surface area contributed by atoms with Gasteiger partial charge in [-0.3, -0.25) is 9.69 Å². The van der Waals surface area contributed by atoms with E-state index in [9.17, 15) is 4.79 Å². The summed E-state index contributed by atoms with van der Waals surface area (Å²) in [4.78, 5) is 17.0. The molecule has 0 unspecified atom stereocenters. The highest BCUT2D eigenvalue weighted by molar-refractivity contribution is 5.94. The van der Waals surface area contributed by atoms with Crippen molar-refractivity contribution in [1.82, 2.24) is 15.0 Å². The zero-order valence-corrected chi connectivity index (χ0v) is 16.8. The van der Waals surface area contributed by atoms with E-state index in [1.54, 1.807) is 0 Å². The number of nitrogens with zero attached hydrogens (tertiary/aromatic N) is 3. The van der Waals surface area contributed by atoms with Gasteiger partial charge in [0.15, 0.2) is 0 Å². The number of aromatic nitrogens is 1. The van der Waals surface area contributed by atoms with E-state index in [4.69, 9.17) is 9.26 Å². The van der Waals surface area contributed by atoms with Gasteiger partial charge in [-0.25, -0.2) is 0 Å². The van der Waals surface area contributed by atoms with Crippen LogP contribution in [0.5, 0.6) is 5.75 Å². The first-order valence-electron chi connectivity index (χ1n) is 10.3. The molecule has 2 aromatic rings. The van der Waals surface area contributed by atoms with E-state index >= 15 is 0 Å². The number of hydrogen-bond acceptors (Lipinski definition) is 5. The molecule has 2 saturated heterocycles. The maximum Gasteiger partial charge on any atom is 0.253 e. The summed E-state index contributed by atoms with van der Waals surface area (Å²) >= 11 is 0. The molecule has 28 heavy (non-hydrogen) atoms. The quantitative estimate of drug-likeness (QED) is 0.790. The summed E-state index contributed by atoms with van der Waals surface area (Å²) in [6.45, 7) is 8.57. The Bertz CT molecular complexity index is 799. The Kier molecular flexibility index (Phi) is 5.67. The normalized spacial score (nSPS) is 18.6. The Labute approximate surface area is 166 Å². The number of hydrogen-bond donors (Lipinski definition) is 0. The molecule has 1 aromatic heterocycles. The standard InChI is InChI=1S/C22H29N3O3/c1-16-21(17(2)28-23-16)15-24-12-8-19(9-13-24)27-20-7-5-6-18(14-20)22(26)25-10-3-4-11-25/h5-7,14,19H,3-4,8-13,15H2,1-2H3. The van der Waals surface area contributed by atoms with E-state index < -0.39 is 0 Å². The number of carbonyl (C=O) groups excluding carboxylic acids is 1. The van der Waals surface area contributed by atoms with Crippen LogP contribution in [0.4, 0.5) is 0 Å². The lowest BCUT2D eigenvalue weighted by Crippen LogP contribution is -2.38. The fraction of sp³-hybridized carbons (Fsp3) is 0.545. The summed E-state index contributed by atoms with van der Waals surface area (Å²) in [5.74, 6) is 1.84. The van der Waals surface area contributed by atoms with Gasteiger partial charge in [-0.15, -0.1) is 0 Å². The van der Waals surface area contributed by atoms with Gasteiger partial charge in [0.2, 0.25) is 0 Å². The fourth-order valence-corrected chi connectivity index (χ4v) is 4.13. The van der Waals surface area contributed by atoms with Crippen molar-refractivity contribution < 1.29 is 14.1 Å². The van der Waals surface area contributed by atoms with Crippen LogP contribution in [0.3, 0.4) is 0 Å². The molecule has 0 saturated carbocycles. The van der Waals surface area contributed by atoms with Crippen molar-refractivity contribution in [3.05, 3.63) is 46.8 Å². The molecule has 2 aliphatic rings. The molecule has 1 aromatic carbocycles. The summed E-state index contributed by atoms with van der Waals surface area (Å²) in [5.41, 5.74) is 2.91. The van der Waals surface area contributed by atoms with E-state index in [1.165, 1.54) is 5.56 Å². The number of aryl methyl sites for hydroxylation is 2. The minimum atomic E-state index is 0.122. The number of piperidine rings is 1. The molecule has 6 nitrogen and oxygen atoms in total. The lowest BCUT2D eigenvalue weighted by molar-refractivity contribution is 0.0789. The number of carbonyl (C=O) groups is 1. The van der Waals surface area contributed by atoms with Crippen molar-refractivity contribution in [2.24, 2.45) is 0 Å². The van der Waals surface area contributed by atoms with Gasteiger partial charge in [0.25, 0.3) is 5.91 Å². The van der Waals surface area contributed by atoms with Crippen LogP contribution in [0, 0.1) is 13.8 Å².